The van der Waals surface area contributed by atoms with Crippen LogP contribution in [0.5, 0.6) is 0 Å². The van der Waals surface area contributed by atoms with Crippen LogP contribution in [0, 0.1) is 0 Å². The predicted molar refractivity (Wildman–Crippen MR) is 74.0 cm³/mol. The van der Waals surface area contributed by atoms with Crippen molar-refractivity contribution in [2.45, 2.75) is 69.9 Å². The second kappa shape index (κ2) is 6.37. The molecule has 0 bridgehead atoms. The number of carbonyl (C=O) groups excluding carboxylic acids is 1. The minimum absolute atomic E-state index is 0.0642. The largest absolute Gasteiger partial charge is 0.481 e. The van der Waals surface area contributed by atoms with E-state index >= 15 is 0 Å². The van der Waals surface area contributed by atoms with E-state index in [0.717, 1.165) is 25.7 Å². The Bertz CT molecular complexity index is 334. The molecule has 1 saturated carbocycles. The first-order valence-corrected chi connectivity index (χ1v) is 7.00. The molecule has 3 N–H and O–H groups in total. The summed E-state index contributed by atoms with van der Waals surface area (Å²) in [5.74, 6) is -0.964. The number of aliphatic carboxylic acids is 1. The molecule has 0 aromatic carbocycles. The Morgan fingerprint density at radius 2 is 1.79 bits per heavy atom. The van der Waals surface area contributed by atoms with E-state index in [2.05, 4.69) is 10.6 Å². The topological polar surface area (TPSA) is 78.4 Å². The molecule has 0 aliphatic heterocycles. The van der Waals surface area contributed by atoms with E-state index in [1.165, 1.54) is 6.42 Å². The second-order valence-electron chi connectivity index (χ2n) is 6.27. The van der Waals surface area contributed by atoms with E-state index in [9.17, 15) is 9.59 Å². The Kier molecular flexibility index (Phi) is 5.35. The summed E-state index contributed by atoms with van der Waals surface area (Å²) in [6, 6.07) is 0. The van der Waals surface area contributed by atoms with E-state index < -0.39 is 11.5 Å². The van der Waals surface area contributed by atoms with Crippen molar-refractivity contribution in [3.8, 4) is 0 Å². The highest BCUT2D eigenvalue weighted by Crippen LogP contribution is 2.30. The van der Waals surface area contributed by atoms with Crippen LogP contribution in [0.4, 0.5) is 0 Å². The Labute approximate surface area is 115 Å². The average molecular weight is 270 g/mol. The molecule has 0 aromatic rings. The van der Waals surface area contributed by atoms with Gasteiger partial charge in [0.1, 0.15) is 0 Å². The first-order chi connectivity index (χ1) is 8.79. The molecule has 5 heteroatoms. The third kappa shape index (κ3) is 5.19. The number of hydrogen-bond acceptors (Lipinski definition) is 3. The Morgan fingerprint density at radius 3 is 2.26 bits per heavy atom. The molecule has 5 nitrogen and oxygen atoms in total. The number of rotatable bonds is 6. The van der Waals surface area contributed by atoms with Gasteiger partial charge in [0.15, 0.2) is 0 Å². The van der Waals surface area contributed by atoms with Crippen molar-refractivity contribution in [3.63, 3.8) is 0 Å². The van der Waals surface area contributed by atoms with Crippen molar-refractivity contribution < 1.29 is 14.7 Å². The Balaban J connectivity index is 2.55. The Morgan fingerprint density at radius 1 is 1.21 bits per heavy atom. The molecule has 1 aliphatic rings. The van der Waals surface area contributed by atoms with Gasteiger partial charge in [0.05, 0.1) is 6.42 Å². The van der Waals surface area contributed by atoms with Gasteiger partial charge in [-0.05, 0) is 33.7 Å². The molecule has 1 aliphatic carbocycles. The van der Waals surface area contributed by atoms with Crippen molar-refractivity contribution in [1.82, 2.24) is 10.6 Å². The second-order valence-corrected chi connectivity index (χ2v) is 6.27. The summed E-state index contributed by atoms with van der Waals surface area (Å²) in [5, 5.41) is 14.9. The van der Waals surface area contributed by atoms with Gasteiger partial charge in [-0.2, -0.15) is 0 Å². The summed E-state index contributed by atoms with van der Waals surface area (Å²) in [6.07, 6.45) is 5.90. The summed E-state index contributed by atoms with van der Waals surface area (Å²) in [7, 11) is 1.90. The zero-order chi connectivity index (χ0) is 14.5. The molecule has 0 radical (unpaired) electrons. The number of carboxylic acid groups (broad SMARTS) is 1. The van der Waals surface area contributed by atoms with Crippen LogP contribution >= 0.6 is 0 Å². The molecule has 0 saturated heterocycles. The van der Waals surface area contributed by atoms with Gasteiger partial charge in [-0.25, -0.2) is 0 Å². The molecule has 0 aromatic heterocycles. The smallest absolute Gasteiger partial charge is 0.305 e. The van der Waals surface area contributed by atoms with Crippen molar-refractivity contribution in [2.24, 2.45) is 0 Å². The number of hydrogen-bond donors (Lipinski definition) is 3. The van der Waals surface area contributed by atoms with Crippen molar-refractivity contribution in [1.29, 1.82) is 0 Å². The monoisotopic (exact) mass is 270 g/mol. The fourth-order valence-electron chi connectivity index (χ4n) is 2.89. The van der Waals surface area contributed by atoms with Gasteiger partial charge in [-0.15, -0.1) is 0 Å². The number of amides is 1. The van der Waals surface area contributed by atoms with E-state index in [4.69, 9.17) is 5.11 Å². The SMILES string of the molecule is CNC1(CC(=O)NC(C)(C)CC(=O)O)CCCCC1. The van der Waals surface area contributed by atoms with Gasteiger partial charge in [0.2, 0.25) is 5.91 Å². The third-order valence-corrected chi connectivity index (χ3v) is 3.91. The zero-order valence-corrected chi connectivity index (χ0v) is 12.2. The molecule has 0 unspecified atom stereocenters. The van der Waals surface area contributed by atoms with Crippen LogP contribution in [-0.4, -0.2) is 35.1 Å². The molecular formula is C14H26N2O3. The lowest BCUT2D eigenvalue weighted by Gasteiger charge is -2.37. The standard InChI is InChI=1S/C14H26N2O3/c1-13(2,10-12(18)19)16-11(17)9-14(15-3)7-5-4-6-8-14/h15H,4-10H2,1-3H3,(H,16,17)(H,18,19). The number of carboxylic acids is 1. The highest BCUT2D eigenvalue weighted by Gasteiger charge is 2.34. The van der Waals surface area contributed by atoms with Crippen molar-refractivity contribution >= 4 is 11.9 Å². The summed E-state index contributed by atoms with van der Waals surface area (Å²) in [6.45, 7) is 3.48. The summed E-state index contributed by atoms with van der Waals surface area (Å²) < 4.78 is 0. The molecule has 19 heavy (non-hydrogen) atoms. The van der Waals surface area contributed by atoms with E-state index in [-0.39, 0.29) is 17.9 Å². The van der Waals surface area contributed by atoms with Crippen LogP contribution in [0.3, 0.4) is 0 Å². The van der Waals surface area contributed by atoms with Crippen LogP contribution in [0.1, 0.15) is 58.8 Å². The van der Waals surface area contributed by atoms with E-state index in [0.29, 0.717) is 6.42 Å². The van der Waals surface area contributed by atoms with Gasteiger partial charge in [-0.1, -0.05) is 19.3 Å². The van der Waals surface area contributed by atoms with Crippen LogP contribution in [-0.2, 0) is 9.59 Å². The number of nitrogens with one attached hydrogen (secondary N) is 2. The molecule has 0 heterocycles. The molecule has 1 fully saturated rings. The van der Waals surface area contributed by atoms with E-state index in [1.807, 2.05) is 7.05 Å². The summed E-state index contributed by atoms with van der Waals surface area (Å²) >= 11 is 0. The highest BCUT2D eigenvalue weighted by atomic mass is 16.4. The quantitative estimate of drug-likeness (QED) is 0.686. The zero-order valence-electron chi connectivity index (χ0n) is 12.2. The van der Waals surface area contributed by atoms with Crippen LogP contribution < -0.4 is 10.6 Å². The van der Waals surface area contributed by atoms with E-state index in [1.54, 1.807) is 13.8 Å². The average Bonchev–Trinajstić information content (AvgIpc) is 2.27. The minimum Gasteiger partial charge on any atom is -0.481 e. The lowest BCUT2D eigenvalue weighted by molar-refractivity contribution is -0.138. The van der Waals surface area contributed by atoms with Crippen molar-refractivity contribution in [3.05, 3.63) is 0 Å². The summed E-state index contributed by atoms with van der Waals surface area (Å²) in [5.41, 5.74) is -0.811. The predicted octanol–water partition coefficient (Wildman–Crippen LogP) is 1.67. The van der Waals surface area contributed by atoms with Gasteiger partial charge in [0, 0.05) is 17.5 Å². The van der Waals surface area contributed by atoms with Gasteiger partial charge >= 0.3 is 5.97 Å². The van der Waals surface area contributed by atoms with Gasteiger partial charge in [0.25, 0.3) is 0 Å². The van der Waals surface area contributed by atoms with Crippen LogP contribution in [0.15, 0.2) is 0 Å². The molecule has 1 amide bonds. The number of carbonyl (C=O) groups is 2. The van der Waals surface area contributed by atoms with Gasteiger partial charge in [-0.3, -0.25) is 9.59 Å². The third-order valence-electron chi connectivity index (χ3n) is 3.91. The molecule has 110 valence electrons. The fraction of sp³-hybridized carbons (Fsp3) is 0.857. The van der Waals surface area contributed by atoms with Gasteiger partial charge < -0.3 is 15.7 Å². The normalized spacial score (nSPS) is 18.9. The lowest BCUT2D eigenvalue weighted by atomic mass is 9.79. The maximum absolute atomic E-state index is 12.1. The Hall–Kier alpha value is -1.10. The molecule has 0 atom stereocenters. The van der Waals surface area contributed by atoms with Crippen LogP contribution in [0.25, 0.3) is 0 Å². The van der Waals surface area contributed by atoms with Crippen molar-refractivity contribution in [2.75, 3.05) is 7.05 Å². The molecule has 0 spiro atoms. The maximum Gasteiger partial charge on any atom is 0.305 e. The summed E-state index contributed by atoms with van der Waals surface area (Å²) in [4.78, 5) is 22.9. The fourth-order valence-corrected chi connectivity index (χ4v) is 2.89. The maximum atomic E-state index is 12.1. The minimum atomic E-state index is -0.897. The lowest BCUT2D eigenvalue weighted by Crippen LogP contribution is -2.52. The molecule has 1 rings (SSSR count). The van der Waals surface area contributed by atoms with Crippen LogP contribution in [0.2, 0.25) is 0 Å². The molecular weight excluding hydrogens is 244 g/mol. The first-order valence-electron chi connectivity index (χ1n) is 7.00. The highest BCUT2D eigenvalue weighted by molar-refractivity contribution is 5.79. The first kappa shape index (κ1) is 16.0.